The number of aromatic nitrogens is 1. The van der Waals surface area contributed by atoms with Crippen molar-refractivity contribution in [2.24, 2.45) is 0 Å². The van der Waals surface area contributed by atoms with E-state index in [1.54, 1.807) is 9.80 Å². The average molecular weight is 311 g/mol. The summed E-state index contributed by atoms with van der Waals surface area (Å²) < 4.78 is 0. The third kappa shape index (κ3) is 2.22. The molecule has 1 aromatic heterocycles. The first kappa shape index (κ1) is 14.3. The summed E-state index contributed by atoms with van der Waals surface area (Å²) in [5.41, 5.74) is 3.35. The van der Waals surface area contributed by atoms with Crippen molar-refractivity contribution in [3.8, 4) is 0 Å². The Kier molecular flexibility index (Phi) is 3.36. The number of hydrogen-bond donors (Lipinski definition) is 1. The van der Waals surface area contributed by atoms with E-state index in [0.717, 1.165) is 24.1 Å². The van der Waals surface area contributed by atoms with E-state index in [4.69, 9.17) is 0 Å². The number of nitrogens with one attached hydrogen (secondary N) is 1. The Morgan fingerprint density at radius 2 is 2.04 bits per heavy atom. The first-order valence-corrected chi connectivity index (χ1v) is 8.35. The van der Waals surface area contributed by atoms with Crippen LogP contribution in [-0.4, -0.2) is 45.7 Å². The van der Waals surface area contributed by atoms with E-state index in [-0.39, 0.29) is 24.4 Å². The normalized spacial score (nSPS) is 20.8. The molecule has 1 fully saturated rings. The topological polar surface area (TPSA) is 56.4 Å². The second kappa shape index (κ2) is 5.41. The summed E-state index contributed by atoms with van der Waals surface area (Å²) in [6.45, 7) is 3.53. The third-order valence-corrected chi connectivity index (χ3v) is 5.03. The monoisotopic (exact) mass is 311 g/mol. The number of unbranched alkanes of at least 4 members (excludes halogenated alkanes) is 1. The molecule has 120 valence electrons. The van der Waals surface area contributed by atoms with Crippen LogP contribution in [0.2, 0.25) is 0 Å². The standard InChI is InChI=1S/C18H21N3O2/c1-2-3-8-20-11-17(22)21-10-15-13(9-16(21)18(20)23)12-6-4-5-7-14(12)19-15/h4-7,16,19H,2-3,8-11H2,1H3/t16-/m1/s1. The zero-order chi connectivity index (χ0) is 16.0. The molecule has 1 saturated heterocycles. The lowest BCUT2D eigenvalue weighted by Crippen LogP contribution is -2.61. The van der Waals surface area contributed by atoms with Crippen LogP contribution in [-0.2, 0) is 22.6 Å². The van der Waals surface area contributed by atoms with E-state index in [1.807, 2.05) is 18.2 Å². The number of para-hydroxylation sites is 1. The van der Waals surface area contributed by atoms with Crippen molar-refractivity contribution in [3.05, 3.63) is 35.5 Å². The van der Waals surface area contributed by atoms with E-state index >= 15 is 0 Å². The zero-order valence-electron chi connectivity index (χ0n) is 13.3. The Hall–Kier alpha value is -2.30. The molecule has 2 aliphatic heterocycles. The molecule has 1 N–H and O–H groups in total. The first-order valence-electron chi connectivity index (χ1n) is 8.35. The smallest absolute Gasteiger partial charge is 0.246 e. The number of rotatable bonds is 3. The van der Waals surface area contributed by atoms with Gasteiger partial charge in [0.1, 0.15) is 6.04 Å². The van der Waals surface area contributed by atoms with E-state index < -0.39 is 0 Å². The maximum atomic E-state index is 12.8. The van der Waals surface area contributed by atoms with Crippen molar-refractivity contribution in [2.75, 3.05) is 13.1 Å². The second-order valence-electron chi connectivity index (χ2n) is 6.48. The summed E-state index contributed by atoms with van der Waals surface area (Å²) in [4.78, 5) is 32.2. The molecule has 0 unspecified atom stereocenters. The van der Waals surface area contributed by atoms with Crippen LogP contribution in [0, 0.1) is 0 Å². The SMILES string of the molecule is CCCCN1CC(=O)N2Cc3[nH]c4ccccc4c3C[C@@H]2C1=O. The molecule has 0 spiro atoms. The van der Waals surface area contributed by atoms with Crippen LogP contribution in [0.4, 0.5) is 0 Å². The summed E-state index contributed by atoms with van der Waals surface area (Å²) in [5, 5.41) is 1.17. The Morgan fingerprint density at radius 3 is 2.87 bits per heavy atom. The van der Waals surface area contributed by atoms with Gasteiger partial charge < -0.3 is 14.8 Å². The average Bonchev–Trinajstić information content (AvgIpc) is 2.93. The van der Waals surface area contributed by atoms with Gasteiger partial charge in [0.15, 0.2) is 0 Å². The van der Waals surface area contributed by atoms with E-state index in [1.165, 1.54) is 10.9 Å². The highest BCUT2D eigenvalue weighted by molar-refractivity contribution is 5.96. The molecule has 5 nitrogen and oxygen atoms in total. The number of carbonyl (C=O) groups is 2. The van der Waals surface area contributed by atoms with Gasteiger partial charge in [0.05, 0.1) is 13.1 Å². The van der Waals surface area contributed by atoms with Crippen LogP contribution in [0.15, 0.2) is 24.3 Å². The van der Waals surface area contributed by atoms with Gasteiger partial charge in [-0.15, -0.1) is 0 Å². The minimum absolute atomic E-state index is 0.0648. The number of H-pyrrole nitrogens is 1. The maximum Gasteiger partial charge on any atom is 0.246 e. The molecular weight excluding hydrogens is 290 g/mol. The molecule has 4 rings (SSSR count). The van der Waals surface area contributed by atoms with Crippen LogP contribution in [0.3, 0.4) is 0 Å². The summed E-state index contributed by atoms with van der Waals surface area (Å²) in [6, 6.07) is 7.82. The Balaban J connectivity index is 1.69. The van der Waals surface area contributed by atoms with Crippen LogP contribution >= 0.6 is 0 Å². The Morgan fingerprint density at radius 1 is 1.22 bits per heavy atom. The lowest BCUT2D eigenvalue weighted by molar-refractivity contribution is -0.157. The van der Waals surface area contributed by atoms with Crippen molar-refractivity contribution in [3.63, 3.8) is 0 Å². The molecule has 1 aromatic carbocycles. The molecule has 5 heteroatoms. The first-order chi connectivity index (χ1) is 11.2. The van der Waals surface area contributed by atoms with Crippen LogP contribution in [0.5, 0.6) is 0 Å². The minimum Gasteiger partial charge on any atom is -0.357 e. The Bertz CT molecular complexity index is 780. The largest absolute Gasteiger partial charge is 0.357 e. The Labute approximate surface area is 135 Å². The highest BCUT2D eigenvalue weighted by Gasteiger charge is 2.42. The fourth-order valence-corrected chi connectivity index (χ4v) is 3.77. The number of carbonyl (C=O) groups excluding carboxylic acids is 2. The molecule has 2 amide bonds. The van der Waals surface area contributed by atoms with Gasteiger partial charge in [-0.2, -0.15) is 0 Å². The number of nitrogens with zero attached hydrogens (tertiary/aromatic N) is 2. The molecule has 2 aliphatic rings. The van der Waals surface area contributed by atoms with Gasteiger partial charge in [0.25, 0.3) is 0 Å². The molecular formula is C18H21N3O2. The van der Waals surface area contributed by atoms with Gasteiger partial charge >= 0.3 is 0 Å². The van der Waals surface area contributed by atoms with Crippen molar-refractivity contribution in [1.82, 2.24) is 14.8 Å². The van der Waals surface area contributed by atoms with Crippen molar-refractivity contribution >= 4 is 22.7 Å². The summed E-state index contributed by atoms with van der Waals surface area (Å²) in [5.74, 6) is 0.170. The number of benzene rings is 1. The van der Waals surface area contributed by atoms with Crippen LogP contribution in [0.25, 0.3) is 10.9 Å². The zero-order valence-corrected chi connectivity index (χ0v) is 13.3. The number of aromatic amines is 1. The molecule has 3 heterocycles. The van der Waals surface area contributed by atoms with Crippen molar-refractivity contribution in [2.45, 2.75) is 38.8 Å². The van der Waals surface area contributed by atoms with Crippen molar-refractivity contribution in [1.29, 1.82) is 0 Å². The van der Waals surface area contributed by atoms with Gasteiger partial charge in [-0.05, 0) is 18.1 Å². The van der Waals surface area contributed by atoms with Gasteiger partial charge in [-0.1, -0.05) is 31.5 Å². The summed E-state index contributed by atoms with van der Waals surface area (Å²) in [6.07, 6.45) is 2.59. The molecule has 0 bridgehead atoms. The predicted octanol–water partition coefficient (Wildman–Crippen LogP) is 2.06. The lowest BCUT2D eigenvalue weighted by atomic mass is 9.94. The fraction of sp³-hybridized carbons (Fsp3) is 0.444. The molecule has 0 saturated carbocycles. The number of amides is 2. The number of piperazine rings is 1. The molecule has 0 aliphatic carbocycles. The highest BCUT2D eigenvalue weighted by atomic mass is 16.2. The molecule has 23 heavy (non-hydrogen) atoms. The van der Waals surface area contributed by atoms with E-state index in [0.29, 0.717) is 19.5 Å². The van der Waals surface area contributed by atoms with Gasteiger partial charge in [0.2, 0.25) is 11.8 Å². The van der Waals surface area contributed by atoms with Gasteiger partial charge in [0, 0.05) is 29.6 Å². The van der Waals surface area contributed by atoms with Gasteiger partial charge in [-0.3, -0.25) is 9.59 Å². The molecule has 2 aromatic rings. The van der Waals surface area contributed by atoms with Gasteiger partial charge in [-0.25, -0.2) is 0 Å². The minimum atomic E-state index is -0.334. The fourth-order valence-electron chi connectivity index (χ4n) is 3.77. The third-order valence-electron chi connectivity index (χ3n) is 5.03. The lowest BCUT2D eigenvalue weighted by Gasteiger charge is -2.42. The highest BCUT2D eigenvalue weighted by Crippen LogP contribution is 2.32. The summed E-state index contributed by atoms with van der Waals surface area (Å²) in [7, 11) is 0. The van der Waals surface area contributed by atoms with Crippen LogP contribution < -0.4 is 0 Å². The second-order valence-corrected chi connectivity index (χ2v) is 6.48. The molecule has 1 atom stereocenters. The van der Waals surface area contributed by atoms with E-state index in [2.05, 4.69) is 18.0 Å². The quantitative estimate of drug-likeness (QED) is 0.943. The van der Waals surface area contributed by atoms with Crippen LogP contribution in [0.1, 0.15) is 31.0 Å². The molecule has 0 radical (unpaired) electrons. The van der Waals surface area contributed by atoms with Crippen molar-refractivity contribution < 1.29 is 9.59 Å². The number of fused-ring (bicyclic) bond motifs is 4. The number of hydrogen-bond acceptors (Lipinski definition) is 2. The maximum absolute atomic E-state index is 12.8. The van der Waals surface area contributed by atoms with E-state index in [9.17, 15) is 9.59 Å². The summed E-state index contributed by atoms with van der Waals surface area (Å²) >= 11 is 0. The predicted molar refractivity (Wildman–Crippen MR) is 87.8 cm³/mol.